The van der Waals surface area contributed by atoms with E-state index in [1.165, 1.54) is 5.69 Å². The highest BCUT2D eigenvalue weighted by Crippen LogP contribution is 2.25. The Labute approximate surface area is 131 Å². The van der Waals surface area contributed by atoms with E-state index < -0.39 is 0 Å². The zero-order valence-corrected chi connectivity index (χ0v) is 12.6. The number of aromatic nitrogens is 1. The summed E-state index contributed by atoms with van der Waals surface area (Å²) in [4.78, 5) is 18.5. The van der Waals surface area contributed by atoms with E-state index in [9.17, 15) is 4.79 Å². The lowest BCUT2D eigenvalue weighted by Gasteiger charge is -2.33. The monoisotopic (exact) mass is 295 g/mol. The molecule has 0 aliphatic carbocycles. The molecule has 0 bridgehead atoms. The van der Waals surface area contributed by atoms with E-state index >= 15 is 0 Å². The van der Waals surface area contributed by atoms with Crippen molar-refractivity contribution in [1.29, 1.82) is 0 Å². The van der Waals surface area contributed by atoms with Crippen LogP contribution in [0.4, 0.5) is 11.4 Å². The van der Waals surface area contributed by atoms with Crippen LogP contribution in [0.5, 0.6) is 0 Å². The van der Waals surface area contributed by atoms with Crippen LogP contribution in [0.1, 0.15) is 19.3 Å². The van der Waals surface area contributed by atoms with Crippen molar-refractivity contribution < 1.29 is 4.79 Å². The second kappa shape index (κ2) is 7.07. The molecule has 0 saturated carbocycles. The standard InChI is InChI=1S/C18H21N3O/c22-18(20-16-4-2-1-3-5-16)14-15-8-12-21(13-9-15)17-6-10-19-11-7-17/h1-7,10-11,15H,8-9,12-14H2,(H,20,22). The molecule has 1 aliphatic rings. The highest BCUT2D eigenvalue weighted by Gasteiger charge is 2.21. The molecule has 3 rings (SSSR count). The van der Waals surface area contributed by atoms with Gasteiger partial charge in [0.05, 0.1) is 0 Å². The number of carbonyl (C=O) groups is 1. The fraction of sp³-hybridized carbons (Fsp3) is 0.333. The lowest BCUT2D eigenvalue weighted by Crippen LogP contribution is -2.34. The molecule has 0 atom stereocenters. The van der Waals surface area contributed by atoms with Crippen LogP contribution in [0.15, 0.2) is 54.9 Å². The van der Waals surface area contributed by atoms with Gasteiger partial charge in [-0.2, -0.15) is 0 Å². The first-order chi connectivity index (χ1) is 10.8. The topological polar surface area (TPSA) is 45.2 Å². The van der Waals surface area contributed by atoms with E-state index in [-0.39, 0.29) is 5.91 Å². The van der Waals surface area contributed by atoms with Crippen LogP contribution in [0, 0.1) is 5.92 Å². The number of anilines is 2. The molecule has 0 radical (unpaired) electrons. The van der Waals surface area contributed by atoms with E-state index in [2.05, 4.69) is 15.2 Å². The molecule has 1 N–H and O–H groups in total. The molecular weight excluding hydrogens is 274 g/mol. The molecule has 0 spiro atoms. The molecule has 1 aromatic heterocycles. The Balaban J connectivity index is 1.47. The maximum atomic E-state index is 12.1. The molecular formula is C18H21N3O. The molecule has 4 nitrogen and oxygen atoms in total. The van der Waals surface area contributed by atoms with Gasteiger partial charge >= 0.3 is 0 Å². The summed E-state index contributed by atoms with van der Waals surface area (Å²) in [5.74, 6) is 0.593. The molecule has 1 amide bonds. The summed E-state index contributed by atoms with van der Waals surface area (Å²) in [5, 5.41) is 2.97. The normalized spacial score (nSPS) is 15.5. The minimum absolute atomic E-state index is 0.119. The van der Waals surface area contributed by atoms with Gasteiger partial charge in [0.2, 0.25) is 5.91 Å². The lowest BCUT2D eigenvalue weighted by atomic mass is 9.93. The van der Waals surface area contributed by atoms with Crippen molar-refractivity contribution in [2.24, 2.45) is 5.92 Å². The Hall–Kier alpha value is -2.36. The summed E-state index contributed by atoms with van der Waals surface area (Å²) in [6.07, 6.45) is 6.39. The van der Waals surface area contributed by atoms with Gasteiger partial charge in [0.25, 0.3) is 0 Å². The molecule has 1 aromatic carbocycles. The van der Waals surface area contributed by atoms with Gasteiger partial charge in [-0.15, -0.1) is 0 Å². The molecule has 2 heterocycles. The maximum Gasteiger partial charge on any atom is 0.224 e. The first kappa shape index (κ1) is 14.6. The lowest BCUT2D eigenvalue weighted by molar-refractivity contribution is -0.117. The SMILES string of the molecule is O=C(CC1CCN(c2ccncc2)CC1)Nc1ccccc1. The number of pyridine rings is 1. The number of rotatable bonds is 4. The summed E-state index contributed by atoms with van der Waals surface area (Å²) in [6.45, 7) is 2.01. The smallest absolute Gasteiger partial charge is 0.224 e. The van der Waals surface area contributed by atoms with E-state index in [1.54, 1.807) is 0 Å². The van der Waals surface area contributed by atoms with Crippen molar-refractivity contribution in [2.45, 2.75) is 19.3 Å². The Morgan fingerprint density at radius 2 is 1.77 bits per heavy atom. The van der Waals surface area contributed by atoms with Gasteiger partial charge in [0.1, 0.15) is 0 Å². The summed E-state index contributed by atoms with van der Waals surface area (Å²) in [5.41, 5.74) is 2.10. The number of benzene rings is 1. The zero-order valence-electron chi connectivity index (χ0n) is 12.6. The molecule has 4 heteroatoms. The molecule has 1 fully saturated rings. The predicted molar refractivity (Wildman–Crippen MR) is 88.9 cm³/mol. The molecule has 0 unspecified atom stereocenters. The second-order valence-corrected chi connectivity index (χ2v) is 5.75. The quantitative estimate of drug-likeness (QED) is 0.941. The summed E-state index contributed by atoms with van der Waals surface area (Å²) < 4.78 is 0. The summed E-state index contributed by atoms with van der Waals surface area (Å²) in [6, 6.07) is 13.7. The highest BCUT2D eigenvalue weighted by atomic mass is 16.1. The highest BCUT2D eigenvalue weighted by molar-refractivity contribution is 5.90. The third-order valence-corrected chi connectivity index (χ3v) is 4.17. The maximum absolute atomic E-state index is 12.1. The van der Waals surface area contributed by atoms with E-state index in [1.807, 2.05) is 54.9 Å². The molecule has 1 aliphatic heterocycles. The van der Waals surface area contributed by atoms with Gasteiger partial charge in [0.15, 0.2) is 0 Å². The minimum Gasteiger partial charge on any atom is -0.371 e. The van der Waals surface area contributed by atoms with Crippen LogP contribution < -0.4 is 10.2 Å². The molecule has 2 aromatic rings. The third kappa shape index (κ3) is 3.85. The van der Waals surface area contributed by atoms with E-state index in [0.717, 1.165) is 31.6 Å². The Morgan fingerprint density at radius 1 is 1.09 bits per heavy atom. The Kier molecular flexibility index (Phi) is 4.68. The first-order valence-corrected chi connectivity index (χ1v) is 7.81. The van der Waals surface area contributed by atoms with Crippen molar-refractivity contribution in [3.8, 4) is 0 Å². The van der Waals surface area contributed by atoms with E-state index in [0.29, 0.717) is 12.3 Å². The van der Waals surface area contributed by atoms with Crippen LogP contribution in [0.25, 0.3) is 0 Å². The van der Waals surface area contributed by atoms with Crippen molar-refractivity contribution in [3.63, 3.8) is 0 Å². The third-order valence-electron chi connectivity index (χ3n) is 4.17. The fourth-order valence-electron chi connectivity index (χ4n) is 2.95. The number of piperidine rings is 1. The number of carbonyl (C=O) groups excluding carboxylic acids is 1. The fourth-order valence-corrected chi connectivity index (χ4v) is 2.95. The van der Waals surface area contributed by atoms with Crippen LogP contribution >= 0.6 is 0 Å². The van der Waals surface area contributed by atoms with E-state index in [4.69, 9.17) is 0 Å². The number of nitrogens with zero attached hydrogens (tertiary/aromatic N) is 2. The van der Waals surface area contributed by atoms with Gasteiger partial charge in [0, 0.05) is 43.3 Å². The minimum atomic E-state index is 0.119. The van der Waals surface area contributed by atoms with Crippen molar-refractivity contribution in [2.75, 3.05) is 23.3 Å². The molecule has 22 heavy (non-hydrogen) atoms. The average Bonchev–Trinajstić information content (AvgIpc) is 2.57. The predicted octanol–water partition coefficient (Wildman–Crippen LogP) is 3.33. The largest absolute Gasteiger partial charge is 0.371 e. The van der Waals surface area contributed by atoms with Crippen molar-refractivity contribution >= 4 is 17.3 Å². The number of hydrogen-bond acceptors (Lipinski definition) is 3. The van der Waals surface area contributed by atoms with Gasteiger partial charge in [-0.1, -0.05) is 18.2 Å². The number of para-hydroxylation sites is 1. The Morgan fingerprint density at radius 3 is 2.45 bits per heavy atom. The molecule has 114 valence electrons. The summed E-state index contributed by atoms with van der Waals surface area (Å²) in [7, 11) is 0. The van der Waals surface area contributed by atoms with Gasteiger partial charge < -0.3 is 10.2 Å². The first-order valence-electron chi connectivity index (χ1n) is 7.81. The molecule has 1 saturated heterocycles. The van der Waals surface area contributed by atoms with Crippen molar-refractivity contribution in [3.05, 3.63) is 54.9 Å². The van der Waals surface area contributed by atoms with Crippen LogP contribution in [-0.4, -0.2) is 24.0 Å². The number of hydrogen-bond donors (Lipinski definition) is 1. The average molecular weight is 295 g/mol. The van der Waals surface area contributed by atoms with Gasteiger partial charge in [-0.3, -0.25) is 9.78 Å². The van der Waals surface area contributed by atoms with Gasteiger partial charge in [-0.25, -0.2) is 0 Å². The summed E-state index contributed by atoms with van der Waals surface area (Å²) >= 11 is 0. The van der Waals surface area contributed by atoms with Gasteiger partial charge in [-0.05, 0) is 43.0 Å². The van der Waals surface area contributed by atoms with Crippen LogP contribution in [0.2, 0.25) is 0 Å². The number of nitrogens with one attached hydrogen (secondary N) is 1. The van der Waals surface area contributed by atoms with Crippen LogP contribution in [-0.2, 0) is 4.79 Å². The van der Waals surface area contributed by atoms with Crippen LogP contribution in [0.3, 0.4) is 0 Å². The Bertz CT molecular complexity index is 592. The second-order valence-electron chi connectivity index (χ2n) is 5.75. The number of amides is 1. The van der Waals surface area contributed by atoms with Crippen molar-refractivity contribution in [1.82, 2.24) is 4.98 Å². The zero-order chi connectivity index (χ0) is 15.2.